The third-order valence-electron chi connectivity index (χ3n) is 2.76. The summed E-state index contributed by atoms with van der Waals surface area (Å²) in [6.07, 6.45) is 4.34. The first kappa shape index (κ1) is 13.6. The Morgan fingerprint density at radius 2 is 1.89 bits per heavy atom. The Labute approximate surface area is 114 Å². The zero-order valence-electron chi connectivity index (χ0n) is 11.7. The van der Waals surface area contributed by atoms with E-state index in [0.29, 0.717) is 6.04 Å². The van der Waals surface area contributed by atoms with E-state index < -0.39 is 0 Å². The van der Waals surface area contributed by atoms with Gasteiger partial charge in [0.25, 0.3) is 0 Å². The fourth-order valence-electron chi connectivity index (χ4n) is 1.86. The highest BCUT2D eigenvalue weighted by Gasteiger charge is 2.04. The van der Waals surface area contributed by atoms with Gasteiger partial charge in [-0.15, -0.1) is 0 Å². The summed E-state index contributed by atoms with van der Waals surface area (Å²) in [5.41, 5.74) is 3.24. The fraction of sp³-hybridized carbons (Fsp3) is 0.400. The number of nitrogens with zero attached hydrogens (tertiary/aromatic N) is 3. The summed E-state index contributed by atoms with van der Waals surface area (Å²) < 4.78 is 0. The molecule has 0 saturated carbocycles. The first-order valence-electron chi connectivity index (χ1n) is 6.59. The van der Waals surface area contributed by atoms with Gasteiger partial charge in [-0.2, -0.15) is 0 Å². The summed E-state index contributed by atoms with van der Waals surface area (Å²) in [5, 5.41) is 3.38. The maximum atomic E-state index is 4.61. The fourth-order valence-corrected chi connectivity index (χ4v) is 1.86. The Kier molecular flexibility index (Phi) is 4.58. The van der Waals surface area contributed by atoms with Crippen molar-refractivity contribution in [3.05, 3.63) is 53.4 Å². The third-order valence-corrected chi connectivity index (χ3v) is 2.76. The molecule has 0 unspecified atom stereocenters. The lowest BCUT2D eigenvalue weighted by Gasteiger charge is -2.09. The van der Waals surface area contributed by atoms with E-state index in [4.69, 9.17) is 0 Å². The van der Waals surface area contributed by atoms with Gasteiger partial charge < -0.3 is 5.32 Å². The summed E-state index contributed by atoms with van der Waals surface area (Å²) in [6.45, 7) is 7.05. The third kappa shape index (κ3) is 4.41. The minimum atomic E-state index is 0.457. The molecule has 1 N–H and O–H groups in total. The maximum absolute atomic E-state index is 4.61. The second kappa shape index (κ2) is 6.38. The van der Waals surface area contributed by atoms with Crippen LogP contribution in [-0.4, -0.2) is 21.0 Å². The van der Waals surface area contributed by atoms with Gasteiger partial charge in [-0.3, -0.25) is 4.98 Å². The topological polar surface area (TPSA) is 50.7 Å². The van der Waals surface area contributed by atoms with Crippen molar-refractivity contribution >= 4 is 0 Å². The Bertz CT molecular complexity index is 523. The molecule has 0 aromatic carbocycles. The largest absolute Gasteiger partial charge is 0.309 e. The quantitative estimate of drug-likeness (QED) is 0.891. The van der Waals surface area contributed by atoms with Crippen LogP contribution in [0.25, 0.3) is 0 Å². The van der Waals surface area contributed by atoms with Crippen LogP contribution in [0.3, 0.4) is 0 Å². The van der Waals surface area contributed by atoms with Gasteiger partial charge in [0.1, 0.15) is 5.82 Å². The van der Waals surface area contributed by atoms with Gasteiger partial charge >= 0.3 is 0 Å². The summed E-state index contributed by atoms with van der Waals surface area (Å²) in [6, 6.07) is 6.49. The van der Waals surface area contributed by atoms with E-state index in [1.807, 2.05) is 25.1 Å². The Morgan fingerprint density at radius 1 is 1.16 bits per heavy atom. The van der Waals surface area contributed by atoms with Gasteiger partial charge in [-0.1, -0.05) is 13.8 Å². The number of rotatable bonds is 5. The Hall–Kier alpha value is -1.81. The molecule has 19 heavy (non-hydrogen) atoms. The zero-order valence-corrected chi connectivity index (χ0v) is 11.7. The van der Waals surface area contributed by atoms with Crippen molar-refractivity contribution in [1.29, 1.82) is 0 Å². The average molecular weight is 256 g/mol. The van der Waals surface area contributed by atoms with Crippen molar-refractivity contribution in [3.8, 4) is 0 Å². The molecule has 2 rings (SSSR count). The summed E-state index contributed by atoms with van der Waals surface area (Å²) >= 11 is 0. The molecule has 2 aromatic heterocycles. The molecule has 0 atom stereocenters. The normalized spacial score (nSPS) is 10.9. The van der Waals surface area contributed by atoms with Crippen molar-refractivity contribution < 1.29 is 0 Å². The second-order valence-corrected chi connectivity index (χ2v) is 4.98. The number of pyridine rings is 1. The predicted octanol–water partition coefficient (Wildman–Crippen LogP) is 2.27. The van der Waals surface area contributed by atoms with Crippen molar-refractivity contribution in [1.82, 2.24) is 20.3 Å². The molecule has 0 radical (unpaired) electrons. The lowest BCUT2D eigenvalue weighted by Crippen LogP contribution is -2.23. The summed E-state index contributed by atoms with van der Waals surface area (Å²) in [5.74, 6) is 0.867. The molecule has 2 heterocycles. The average Bonchev–Trinajstić information content (AvgIpc) is 2.37. The molecule has 0 aliphatic rings. The van der Waals surface area contributed by atoms with E-state index in [0.717, 1.165) is 30.2 Å². The first-order valence-corrected chi connectivity index (χ1v) is 6.59. The van der Waals surface area contributed by atoms with E-state index in [1.54, 1.807) is 12.4 Å². The van der Waals surface area contributed by atoms with Crippen LogP contribution in [0.4, 0.5) is 0 Å². The molecule has 0 spiro atoms. The van der Waals surface area contributed by atoms with E-state index in [9.17, 15) is 0 Å². The van der Waals surface area contributed by atoms with Crippen LogP contribution >= 0.6 is 0 Å². The smallest absolute Gasteiger partial charge is 0.133 e. The minimum Gasteiger partial charge on any atom is -0.309 e. The second-order valence-electron chi connectivity index (χ2n) is 4.98. The predicted molar refractivity (Wildman–Crippen MR) is 75.8 cm³/mol. The first-order chi connectivity index (χ1) is 9.13. The van der Waals surface area contributed by atoms with Gasteiger partial charge in [0.15, 0.2) is 0 Å². The Morgan fingerprint density at radius 3 is 2.58 bits per heavy atom. The van der Waals surface area contributed by atoms with Crippen molar-refractivity contribution in [2.75, 3.05) is 0 Å². The lowest BCUT2D eigenvalue weighted by atomic mass is 10.2. The van der Waals surface area contributed by atoms with Gasteiger partial charge in [-0.05, 0) is 30.7 Å². The number of hydrogen-bond donors (Lipinski definition) is 1. The van der Waals surface area contributed by atoms with E-state index >= 15 is 0 Å². The minimum absolute atomic E-state index is 0.457. The highest BCUT2D eigenvalue weighted by molar-refractivity contribution is 5.18. The van der Waals surface area contributed by atoms with Crippen LogP contribution in [0, 0.1) is 6.92 Å². The molecular formula is C15H20N4. The monoisotopic (exact) mass is 256 g/mol. The molecule has 0 aliphatic heterocycles. The number of hydrogen-bond acceptors (Lipinski definition) is 4. The number of nitrogens with one attached hydrogen (secondary N) is 1. The van der Waals surface area contributed by atoms with Crippen LogP contribution in [0.1, 0.15) is 36.6 Å². The lowest BCUT2D eigenvalue weighted by molar-refractivity contribution is 0.578. The molecule has 0 saturated heterocycles. The molecule has 100 valence electrons. The molecule has 2 aromatic rings. The van der Waals surface area contributed by atoms with Gasteiger partial charge in [0.05, 0.1) is 5.69 Å². The van der Waals surface area contributed by atoms with Gasteiger partial charge in [-0.25, -0.2) is 9.97 Å². The molecule has 0 aliphatic carbocycles. The zero-order chi connectivity index (χ0) is 13.7. The molecule has 0 fully saturated rings. The SMILES string of the molecule is Cc1cc(CNC(C)C)nc(Cc2ccncc2)n1. The van der Waals surface area contributed by atoms with E-state index in [1.165, 1.54) is 5.56 Å². The number of aromatic nitrogens is 3. The van der Waals surface area contributed by atoms with Gasteiger partial charge in [0.2, 0.25) is 0 Å². The molecule has 4 nitrogen and oxygen atoms in total. The van der Waals surface area contributed by atoms with Crippen LogP contribution in [0.15, 0.2) is 30.6 Å². The van der Waals surface area contributed by atoms with Gasteiger partial charge in [0, 0.05) is 37.1 Å². The standard InChI is InChI=1S/C15H20N4/c1-11(2)17-10-14-8-12(3)18-15(19-14)9-13-4-6-16-7-5-13/h4-8,11,17H,9-10H2,1-3H3. The van der Waals surface area contributed by atoms with Crippen LogP contribution in [0.5, 0.6) is 0 Å². The van der Waals surface area contributed by atoms with Crippen molar-refractivity contribution in [2.24, 2.45) is 0 Å². The molecule has 0 bridgehead atoms. The van der Waals surface area contributed by atoms with Crippen LogP contribution in [0.2, 0.25) is 0 Å². The molecular weight excluding hydrogens is 236 g/mol. The maximum Gasteiger partial charge on any atom is 0.133 e. The van der Waals surface area contributed by atoms with Crippen LogP contribution < -0.4 is 5.32 Å². The number of aryl methyl sites for hydroxylation is 1. The van der Waals surface area contributed by atoms with E-state index in [-0.39, 0.29) is 0 Å². The van der Waals surface area contributed by atoms with Crippen molar-refractivity contribution in [3.63, 3.8) is 0 Å². The van der Waals surface area contributed by atoms with E-state index in [2.05, 4.69) is 34.1 Å². The Balaban J connectivity index is 2.12. The molecule has 0 amide bonds. The summed E-state index contributed by atoms with van der Waals surface area (Å²) in [7, 11) is 0. The van der Waals surface area contributed by atoms with Crippen LogP contribution in [-0.2, 0) is 13.0 Å². The molecule has 4 heteroatoms. The highest BCUT2D eigenvalue weighted by Crippen LogP contribution is 2.07. The summed E-state index contributed by atoms with van der Waals surface area (Å²) in [4.78, 5) is 13.1. The highest BCUT2D eigenvalue weighted by atomic mass is 14.9. The van der Waals surface area contributed by atoms with Crippen molar-refractivity contribution in [2.45, 2.75) is 39.8 Å².